The van der Waals surface area contributed by atoms with Crippen molar-refractivity contribution in [3.8, 4) is 0 Å². The summed E-state index contributed by atoms with van der Waals surface area (Å²) < 4.78 is 5.28. The maximum absolute atomic E-state index is 8.96. The standard InChI is InChI=1S/C15H23N3O2/c1-11-5-3-7-13(15(16)17-19)14(11)18-8-4-6-12(9-18)10-20-2/h3,5,7,12,19H,4,6,8-10H2,1-2H3,(H2,16,17). The summed E-state index contributed by atoms with van der Waals surface area (Å²) in [5.41, 5.74) is 8.83. The normalized spacial score (nSPS) is 20.2. The van der Waals surface area contributed by atoms with E-state index >= 15 is 0 Å². The molecule has 0 amide bonds. The highest BCUT2D eigenvalue weighted by molar-refractivity contribution is 6.02. The zero-order valence-electron chi connectivity index (χ0n) is 12.2. The lowest BCUT2D eigenvalue weighted by Crippen LogP contribution is -2.38. The lowest BCUT2D eigenvalue weighted by atomic mass is 9.96. The minimum absolute atomic E-state index is 0.164. The molecule has 5 nitrogen and oxygen atoms in total. The molecule has 0 bridgehead atoms. The van der Waals surface area contributed by atoms with Gasteiger partial charge >= 0.3 is 0 Å². The molecule has 1 aromatic carbocycles. The van der Waals surface area contributed by atoms with Crippen LogP contribution in [0.1, 0.15) is 24.0 Å². The minimum Gasteiger partial charge on any atom is -0.409 e. The fourth-order valence-corrected chi connectivity index (χ4v) is 2.98. The van der Waals surface area contributed by atoms with Crippen LogP contribution in [-0.2, 0) is 4.74 Å². The van der Waals surface area contributed by atoms with Crippen molar-refractivity contribution >= 4 is 11.5 Å². The second-order valence-electron chi connectivity index (χ2n) is 5.37. The van der Waals surface area contributed by atoms with Crippen molar-refractivity contribution in [2.24, 2.45) is 16.8 Å². The van der Waals surface area contributed by atoms with E-state index in [9.17, 15) is 0 Å². The average molecular weight is 277 g/mol. The molecule has 1 aliphatic heterocycles. The molecule has 0 spiro atoms. The predicted octanol–water partition coefficient (Wildman–Crippen LogP) is 1.95. The third kappa shape index (κ3) is 3.04. The third-order valence-corrected chi connectivity index (χ3v) is 3.86. The molecule has 0 saturated carbocycles. The molecular formula is C15H23N3O2. The molecule has 1 aliphatic rings. The number of para-hydroxylation sites is 1. The van der Waals surface area contributed by atoms with E-state index in [0.29, 0.717) is 5.92 Å². The van der Waals surface area contributed by atoms with Gasteiger partial charge in [0.05, 0.1) is 12.3 Å². The number of hydrogen-bond donors (Lipinski definition) is 2. The van der Waals surface area contributed by atoms with Gasteiger partial charge in [0.1, 0.15) is 0 Å². The summed E-state index contributed by atoms with van der Waals surface area (Å²) in [5, 5.41) is 12.1. The van der Waals surface area contributed by atoms with Gasteiger partial charge in [-0.2, -0.15) is 0 Å². The van der Waals surface area contributed by atoms with Gasteiger partial charge in [0, 0.05) is 25.8 Å². The first-order chi connectivity index (χ1) is 9.67. The Morgan fingerprint density at radius 3 is 3.05 bits per heavy atom. The number of anilines is 1. The second kappa shape index (κ2) is 6.61. The fourth-order valence-electron chi connectivity index (χ4n) is 2.98. The molecule has 1 atom stereocenters. The van der Waals surface area contributed by atoms with Crippen LogP contribution in [0.5, 0.6) is 0 Å². The van der Waals surface area contributed by atoms with Gasteiger partial charge in [-0.25, -0.2) is 0 Å². The molecule has 0 radical (unpaired) electrons. The highest BCUT2D eigenvalue weighted by Crippen LogP contribution is 2.29. The van der Waals surface area contributed by atoms with Crippen molar-refractivity contribution in [2.45, 2.75) is 19.8 Å². The number of rotatable bonds is 4. The van der Waals surface area contributed by atoms with E-state index in [1.54, 1.807) is 7.11 Å². The van der Waals surface area contributed by atoms with Gasteiger partial charge in [0.2, 0.25) is 0 Å². The highest BCUT2D eigenvalue weighted by atomic mass is 16.5. The Hall–Kier alpha value is -1.75. The molecule has 1 heterocycles. The lowest BCUT2D eigenvalue weighted by Gasteiger charge is -2.36. The van der Waals surface area contributed by atoms with Crippen LogP contribution < -0.4 is 10.6 Å². The largest absolute Gasteiger partial charge is 0.409 e. The smallest absolute Gasteiger partial charge is 0.172 e. The van der Waals surface area contributed by atoms with E-state index in [1.165, 1.54) is 6.42 Å². The van der Waals surface area contributed by atoms with E-state index in [2.05, 4.69) is 23.0 Å². The van der Waals surface area contributed by atoms with Crippen LogP contribution in [0.15, 0.2) is 23.4 Å². The molecule has 3 N–H and O–H groups in total. The fraction of sp³-hybridized carbons (Fsp3) is 0.533. The molecule has 1 saturated heterocycles. The number of ether oxygens (including phenoxy) is 1. The summed E-state index contributed by atoms with van der Waals surface area (Å²) in [6.45, 7) is 4.78. The van der Waals surface area contributed by atoms with Crippen LogP contribution in [0.2, 0.25) is 0 Å². The van der Waals surface area contributed by atoms with Gasteiger partial charge in [-0.1, -0.05) is 17.3 Å². The van der Waals surface area contributed by atoms with E-state index in [-0.39, 0.29) is 5.84 Å². The van der Waals surface area contributed by atoms with Gasteiger partial charge in [-0.15, -0.1) is 0 Å². The summed E-state index contributed by atoms with van der Waals surface area (Å²) in [6.07, 6.45) is 2.33. The lowest BCUT2D eigenvalue weighted by molar-refractivity contribution is 0.143. The molecule has 0 aromatic heterocycles. The molecule has 0 aliphatic carbocycles. The Kier molecular flexibility index (Phi) is 4.84. The van der Waals surface area contributed by atoms with Crippen molar-refractivity contribution in [3.05, 3.63) is 29.3 Å². The molecule has 5 heteroatoms. The number of amidine groups is 1. The van der Waals surface area contributed by atoms with Crippen LogP contribution in [0.3, 0.4) is 0 Å². The number of oxime groups is 1. The van der Waals surface area contributed by atoms with Gasteiger partial charge in [-0.3, -0.25) is 0 Å². The van der Waals surface area contributed by atoms with Crippen molar-refractivity contribution in [1.29, 1.82) is 0 Å². The first kappa shape index (κ1) is 14.7. The van der Waals surface area contributed by atoms with Crippen molar-refractivity contribution < 1.29 is 9.94 Å². The van der Waals surface area contributed by atoms with Gasteiger partial charge in [0.15, 0.2) is 5.84 Å². The molecule has 1 fully saturated rings. The van der Waals surface area contributed by atoms with Crippen LogP contribution in [0, 0.1) is 12.8 Å². The molecular weight excluding hydrogens is 254 g/mol. The number of methoxy groups -OCH3 is 1. The molecule has 1 unspecified atom stereocenters. The van der Waals surface area contributed by atoms with Crippen LogP contribution >= 0.6 is 0 Å². The number of benzene rings is 1. The maximum Gasteiger partial charge on any atom is 0.172 e. The molecule has 2 rings (SSSR count). The predicted molar refractivity (Wildman–Crippen MR) is 80.5 cm³/mol. The van der Waals surface area contributed by atoms with E-state index in [0.717, 1.165) is 42.9 Å². The van der Waals surface area contributed by atoms with Crippen molar-refractivity contribution in [2.75, 3.05) is 31.7 Å². The second-order valence-corrected chi connectivity index (χ2v) is 5.37. The van der Waals surface area contributed by atoms with Crippen LogP contribution in [0.4, 0.5) is 5.69 Å². The van der Waals surface area contributed by atoms with E-state index in [1.807, 2.05) is 12.1 Å². The maximum atomic E-state index is 8.96. The van der Waals surface area contributed by atoms with E-state index in [4.69, 9.17) is 15.7 Å². The quantitative estimate of drug-likeness (QED) is 0.382. The number of piperidine rings is 1. The van der Waals surface area contributed by atoms with Crippen LogP contribution in [-0.4, -0.2) is 37.8 Å². The number of hydrogen-bond acceptors (Lipinski definition) is 4. The van der Waals surface area contributed by atoms with Gasteiger partial charge in [-0.05, 0) is 37.3 Å². The van der Waals surface area contributed by atoms with E-state index < -0.39 is 0 Å². The Balaban J connectivity index is 2.31. The Morgan fingerprint density at radius 2 is 2.35 bits per heavy atom. The Labute approximate surface area is 120 Å². The molecule has 110 valence electrons. The zero-order valence-corrected chi connectivity index (χ0v) is 12.2. The Bertz CT molecular complexity index is 486. The third-order valence-electron chi connectivity index (χ3n) is 3.86. The summed E-state index contributed by atoms with van der Waals surface area (Å²) in [5.74, 6) is 0.700. The first-order valence-electron chi connectivity index (χ1n) is 6.98. The zero-order chi connectivity index (χ0) is 14.5. The number of nitrogens with two attached hydrogens (primary N) is 1. The van der Waals surface area contributed by atoms with Gasteiger partial charge < -0.3 is 20.6 Å². The van der Waals surface area contributed by atoms with Crippen LogP contribution in [0.25, 0.3) is 0 Å². The SMILES string of the molecule is COCC1CCCN(c2c(C)cccc2/C(N)=N/O)C1. The summed E-state index contributed by atoms with van der Waals surface area (Å²) in [4.78, 5) is 2.33. The molecule has 20 heavy (non-hydrogen) atoms. The topological polar surface area (TPSA) is 71.1 Å². The summed E-state index contributed by atoms with van der Waals surface area (Å²) in [7, 11) is 1.74. The monoisotopic (exact) mass is 277 g/mol. The van der Waals surface area contributed by atoms with Crippen molar-refractivity contribution in [3.63, 3.8) is 0 Å². The average Bonchev–Trinajstić information content (AvgIpc) is 2.46. The summed E-state index contributed by atoms with van der Waals surface area (Å²) >= 11 is 0. The molecule has 1 aromatic rings. The highest BCUT2D eigenvalue weighted by Gasteiger charge is 2.23. The van der Waals surface area contributed by atoms with Crippen molar-refractivity contribution in [1.82, 2.24) is 0 Å². The first-order valence-corrected chi connectivity index (χ1v) is 6.98. The number of aryl methyl sites for hydroxylation is 1. The summed E-state index contributed by atoms with van der Waals surface area (Å²) in [6, 6.07) is 5.89. The van der Waals surface area contributed by atoms with Gasteiger partial charge in [0.25, 0.3) is 0 Å². The number of nitrogens with zero attached hydrogens (tertiary/aromatic N) is 2. The Morgan fingerprint density at radius 1 is 1.55 bits per heavy atom. The minimum atomic E-state index is 0.164.